The van der Waals surface area contributed by atoms with Crippen LogP contribution in [0.1, 0.15) is 24.5 Å². The normalized spacial score (nSPS) is 12.2. The number of anilines is 3. The van der Waals surface area contributed by atoms with E-state index in [-0.39, 0.29) is 12.0 Å². The standard InChI is InChI=1S/C11H16N6O/c1-6-3-4-8(18-6)7(2)14-9-5-10(17-13)16-11(12)15-9/h3-5,7H,13H2,1-2H3,(H4,12,14,15,16,17). The van der Waals surface area contributed by atoms with Gasteiger partial charge < -0.3 is 20.9 Å². The summed E-state index contributed by atoms with van der Waals surface area (Å²) in [6.07, 6.45) is 0. The van der Waals surface area contributed by atoms with Crippen molar-refractivity contribution >= 4 is 17.6 Å². The maximum absolute atomic E-state index is 5.57. The third-order valence-corrected chi connectivity index (χ3v) is 2.44. The SMILES string of the molecule is Cc1ccc(C(C)Nc2cc(NN)nc(N)n2)o1. The molecule has 0 bridgehead atoms. The Morgan fingerprint density at radius 2 is 2.00 bits per heavy atom. The number of aryl methyl sites for hydroxylation is 1. The van der Waals surface area contributed by atoms with Gasteiger partial charge in [0.25, 0.3) is 0 Å². The van der Waals surface area contributed by atoms with E-state index in [1.165, 1.54) is 0 Å². The van der Waals surface area contributed by atoms with Crippen molar-refractivity contribution in [3.63, 3.8) is 0 Å². The maximum Gasteiger partial charge on any atom is 0.223 e. The molecular formula is C11H16N6O. The molecule has 18 heavy (non-hydrogen) atoms. The zero-order chi connectivity index (χ0) is 13.1. The Morgan fingerprint density at radius 1 is 1.28 bits per heavy atom. The van der Waals surface area contributed by atoms with Gasteiger partial charge in [0.15, 0.2) is 0 Å². The number of hydrazine groups is 1. The van der Waals surface area contributed by atoms with E-state index in [0.29, 0.717) is 11.6 Å². The zero-order valence-corrected chi connectivity index (χ0v) is 10.3. The average molecular weight is 248 g/mol. The molecule has 0 aliphatic heterocycles. The van der Waals surface area contributed by atoms with Gasteiger partial charge in [-0.05, 0) is 26.0 Å². The summed E-state index contributed by atoms with van der Waals surface area (Å²) in [4.78, 5) is 7.98. The van der Waals surface area contributed by atoms with Gasteiger partial charge in [-0.2, -0.15) is 9.97 Å². The van der Waals surface area contributed by atoms with E-state index in [4.69, 9.17) is 16.0 Å². The Labute approximate surface area is 105 Å². The fourth-order valence-electron chi connectivity index (χ4n) is 1.59. The lowest BCUT2D eigenvalue weighted by Crippen LogP contribution is -2.13. The number of nitrogens with one attached hydrogen (secondary N) is 2. The summed E-state index contributed by atoms with van der Waals surface area (Å²) < 4.78 is 5.53. The lowest BCUT2D eigenvalue weighted by Gasteiger charge is -2.13. The molecule has 0 aliphatic rings. The molecule has 0 radical (unpaired) electrons. The number of nitrogen functional groups attached to an aromatic ring is 2. The van der Waals surface area contributed by atoms with E-state index in [1.807, 2.05) is 26.0 Å². The van der Waals surface area contributed by atoms with Gasteiger partial charge in [0, 0.05) is 6.07 Å². The molecule has 7 nitrogen and oxygen atoms in total. The van der Waals surface area contributed by atoms with Crippen LogP contribution in [0.2, 0.25) is 0 Å². The number of rotatable bonds is 4. The summed E-state index contributed by atoms with van der Waals surface area (Å²) in [6, 6.07) is 5.47. The highest BCUT2D eigenvalue weighted by Crippen LogP contribution is 2.21. The molecular weight excluding hydrogens is 232 g/mol. The van der Waals surface area contributed by atoms with Crippen LogP contribution in [0.3, 0.4) is 0 Å². The number of aromatic nitrogens is 2. The molecule has 0 amide bonds. The van der Waals surface area contributed by atoms with Gasteiger partial charge in [0.1, 0.15) is 23.2 Å². The Kier molecular flexibility index (Phi) is 3.33. The molecule has 0 fully saturated rings. The molecule has 7 heteroatoms. The minimum absolute atomic E-state index is 0.0291. The van der Waals surface area contributed by atoms with Gasteiger partial charge >= 0.3 is 0 Å². The van der Waals surface area contributed by atoms with E-state index >= 15 is 0 Å². The van der Waals surface area contributed by atoms with Crippen LogP contribution in [0, 0.1) is 6.92 Å². The van der Waals surface area contributed by atoms with Crippen LogP contribution in [0.25, 0.3) is 0 Å². The highest BCUT2D eigenvalue weighted by atomic mass is 16.3. The smallest absolute Gasteiger partial charge is 0.223 e. The summed E-state index contributed by atoms with van der Waals surface area (Å²) in [5, 5.41) is 3.17. The first-order valence-electron chi connectivity index (χ1n) is 5.52. The Balaban J connectivity index is 2.16. The summed E-state index contributed by atoms with van der Waals surface area (Å²) in [5.41, 5.74) is 8.00. The van der Waals surface area contributed by atoms with Crippen molar-refractivity contribution in [2.75, 3.05) is 16.5 Å². The highest BCUT2D eigenvalue weighted by Gasteiger charge is 2.11. The van der Waals surface area contributed by atoms with Crippen LogP contribution in [0.15, 0.2) is 22.6 Å². The van der Waals surface area contributed by atoms with Gasteiger partial charge in [0.05, 0.1) is 6.04 Å². The molecule has 2 rings (SSSR count). The van der Waals surface area contributed by atoms with Crippen molar-refractivity contribution in [1.29, 1.82) is 0 Å². The van der Waals surface area contributed by atoms with Crippen molar-refractivity contribution in [2.45, 2.75) is 19.9 Å². The number of hydrogen-bond acceptors (Lipinski definition) is 7. The number of nitrogens with zero attached hydrogens (tertiary/aromatic N) is 2. The first-order valence-corrected chi connectivity index (χ1v) is 5.52. The minimum atomic E-state index is -0.0291. The number of furan rings is 1. The predicted molar refractivity (Wildman–Crippen MR) is 69.7 cm³/mol. The quantitative estimate of drug-likeness (QED) is 0.477. The molecule has 96 valence electrons. The molecule has 2 aromatic rings. The monoisotopic (exact) mass is 248 g/mol. The largest absolute Gasteiger partial charge is 0.464 e. The van der Waals surface area contributed by atoms with Crippen LogP contribution in [0.5, 0.6) is 0 Å². The van der Waals surface area contributed by atoms with Crippen LogP contribution in [-0.2, 0) is 0 Å². The zero-order valence-electron chi connectivity index (χ0n) is 10.3. The maximum atomic E-state index is 5.57. The molecule has 1 unspecified atom stereocenters. The van der Waals surface area contributed by atoms with Crippen LogP contribution in [-0.4, -0.2) is 9.97 Å². The lowest BCUT2D eigenvalue weighted by atomic mass is 10.2. The van der Waals surface area contributed by atoms with E-state index in [9.17, 15) is 0 Å². The summed E-state index contributed by atoms with van der Waals surface area (Å²) in [5.74, 6) is 8.16. The van der Waals surface area contributed by atoms with Gasteiger partial charge in [-0.1, -0.05) is 0 Å². The molecule has 0 saturated heterocycles. The van der Waals surface area contributed by atoms with Crippen molar-refractivity contribution in [2.24, 2.45) is 5.84 Å². The van der Waals surface area contributed by atoms with Crippen molar-refractivity contribution in [1.82, 2.24) is 9.97 Å². The van der Waals surface area contributed by atoms with Crippen molar-refractivity contribution in [3.8, 4) is 0 Å². The van der Waals surface area contributed by atoms with E-state index < -0.39 is 0 Å². The second-order valence-electron chi connectivity index (χ2n) is 3.96. The first kappa shape index (κ1) is 12.2. The van der Waals surface area contributed by atoms with E-state index in [1.54, 1.807) is 6.07 Å². The van der Waals surface area contributed by atoms with Gasteiger partial charge in [-0.25, -0.2) is 5.84 Å². The van der Waals surface area contributed by atoms with Gasteiger partial charge in [-0.3, -0.25) is 0 Å². The van der Waals surface area contributed by atoms with Crippen LogP contribution >= 0.6 is 0 Å². The molecule has 0 saturated carbocycles. The second kappa shape index (κ2) is 4.92. The molecule has 2 heterocycles. The third-order valence-electron chi connectivity index (χ3n) is 2.44. The number of nitrogens with two attached hydrogens (primary N) is 2. The summed E-state index contributed by atoms with van der Waals surface area (Å²) >= 11 is 0. The average Bonchev–Trinajstić information content (AvgIpc) is 2.75. The summed E-state index contributed by atoms with van der Waals surface area (Å²) in [7, 11) is 0. The van der Waals surface area contributed by atoms with Crippen molar-refractivity contribution < 1.29 is 4.42 Å². The van der Waals surface area contributed by atoms with Crippen LogP contribution < -0.4 is 22.3 Å². The summed E-state index contributed by atoms with van der Waals surface area (Å²) in [6.45, 7) is 3.86. The molecule has 2 aromatic heterocycles. The first-order chi connectivity index (χ1) is 8.58. The Bertz CT molecular complexity index is 538. The lowest BCUT2D eigenvalue weighted by molar-refractivity contribution is 0.466. The van der Waals surface area contributed by atoms with E-state index in [0.717, 1.165) is 11.5 Å². The van der Waals surface area contributed by atoms with Crippen molar-refractivity contribution in [3.05, 3.63) is 29.7 Å². The molecule has 0 aromatic carbocycles. The molecule has 1 atom stereocenters. The topological polar surface area (TPSA) is 115 Å². The van der Waals surface area contributed by atoms with Crippen LogP contribution in [0.4, 0.5) is 17.6 Å². The fraction of sp³-hybridized carbons (Fsp3) is 0.273. The van der Waals surface area contributed by atoms with Gasteiger partial charge in [0.2, 0.25) is 5.95 Å². The molecule has 0 spiro atoms. The minimum Gasteiger partial charge on any atom is -0.464 e. The Hall–Kier alpha value is -2.28. The Morgan fingerprint density at radius 3 is 2.61 bits per heavy atom. The second-order valence-corrected chi connectivity index (χ2v) is 3.96. The van der Waals surface area contributed by atoms with Gasteiger partial charge in [-0.15, -0.1) is 0 Å². The fourth-order valence-corrected chi connectivity index (χ4v) is 1.59. The molecule has 6 N–H and O–H groups in total. The predicted octanol–water partition coefficient (Wildman–Crippen LogP) is 1.42. The molecule has 0 aliphatic carbocycles. The van der Waals surface area contributed by atoms with E-state index in [2.05, 4.69) is 20.7 Å². The highest BCUT2D eigenvalue weighted by molar-refractivity contribution is 5.51. The third kappa shape index (κ3) is 2.69. The number of hydrogen-bond donors (Lipinski definition) is 4.